The summed E-state index contributed by atoms with van der Waals surface area (Å²) in [5.74, 6) is -0.191. The summed E-state index contributed by atoms with van der Waals surface area (Å²) in [5.41, 5.74) is 5.27. The number of hydrogen-bond donors (Lipinski definition) is 1. The fourth-order valence-electron chi connectivity index (χ4n) is 4.63. The van der Waals surface area contributed by atoms with Gasteiger partial charge in [0.2, 0.25) is 0 Å². The summed E-state index contributed by atoms with van der Waals surface area (Å²) in [7, 11) is 1.80. The lowest BCUT2D eigenvalue weighted by atomic mass is 9.66. The number of ether oxygens (including phenoxy) is 1. The molecule has 0 aromatic rings. The smallest absolute Gasteiger partial charge is 0.336 e. The first kappa shape index (κ1) is 21.6. The van der Waals surface area contributed by atoms with E-state index in [1.165, 1.54) is 5.70 Å². The van der Waals surface area contributed by atoms with Crippen molar-refractivity contribution < 1.29 is 9.53 Å². The van der Waals surface area contributed by atoms with Gasteiger partial charge >= 0.3 is 5.97 Å². The molecule has 2 fully saturated rings. The minimum Gasteiger partial charge on any atom is -0.456 e. The topological polar surface area (TPSA) is 53.9 Å². The van der Waals surface area contributed by atoms with Crippen LogP contribution < -0.4 is 5.32 Å². The van der Waals surface area contributed by atoms with E-state index in [0.29, 0.717) is 6.61 Å². The lowest BCUT2D eigenvalue weighted by Crippen LogP contribution is -2.48. The molecule has 0 atom stereocenters. The minimum atomic E-state index is -0.191. The highest BCUT2D eigenvalue weighted by Gasteiger charge is 2.48. The molecule has 0 aromatic carbocycles. The van der Waals surface area contributed by atoms with E-state index in [4.69, 9.17) is 4.74 Å². The second-order valence-electron chi connectivity index (χ2n) is 9.05. The van der Waals surface area contributed by atoms with E-state index in [9.17, 15) is 4.79 Å². The molecule has 3 rings (SSSR count). The predicted octanol–water partition coefficient (Wildman–Crippen LogP) is 4.15. The fourth-order valence-corrected chi connectivity index (χ4v) is 4.63. The standard InChI is InChI=1S/C24H35N3O2/c1-17(7-8-18(2)25-6)15-26-23(5)9-11-24(12-10-23)13-14-27(20(24)4)21-16-29-22(28)19(21)3/h7-8,26H,1,4,9-16H2,2-3,5-6H3/b8-7-,25-18?. The van der Waals surface area contributed by atoms with E-state index in [2.05, 4.69) is 35.3 Å². The number of aliphatic imine (C=N–C) groups is 1. The van der Waals surface area contributed by atoms with Gasteiger partial charge in [0.25, 0.3) is 0 Å². The third-order valence-electron chi connectivity index (χ3n) is 7.12. The molecule has 2 aliphatic heterocycles. The van der Waals surface area contributed by atoms with Crippen LogP contribution in [0.25, 0.3) is 0 Å². The average Bonchev–Trinajstić information content (AvgIpc) is 3.21. The second-order valence-corrected chi connectivity index (χ2v) is 9.05. The maximum atomic E-state index is 11.8. The number of nitrogens with one attached hydrogen (secondary N) is 1. The van der Waals surface area contributed by atoms with Crippen LogP contribution in [-0.2, 0) is 9.53 Å². The summed E-state index contributed by atoms with van der Waals surface area (Å²) in [6.07, 6.45) is 9.62. The Morgan fingerprint density at radius 2 is 1.97 bits per heavy atom. The number of carbonyl (C=O) groups is 1. The van der Waals surface area contributed by atoms with Crippen molar-refractivity contribution >= 4 is 11.7 Å². The molecule has 5 heteroatoms. The van der Waals surface area contributed by atoms with Crippen LogP contribution in [0, 0.1) is 5.41 Å². The number of cyclic esters (lactones) is 1. The SMILES string of the molecule is C=C(/C=C\C(C)=NC)CNC1(C)CCC2(CCN(C3=C(C)C(=O)OC3)C2=C)CC1. The Morgan fingerprint density at radius 3 is 2.55 bits per heavy atom. The molecule has 1 saturated heterocycles. The van der Waals surface area contributed by atoms with Crippen molar-refractivity contribution in [2.24, 2.45) is 10.4 Å². The molecule has 0 radical (unpaired) electrons. The van der Waals surface area contributed by atoms with Crippen molar-refractivity contribution in [3.05, 3.63) is 47.9 Å². The summed E-state index contributed by atoms with van der Waals surface area (Å²) in [6.45, 7) is 16.9. The van der Waals surface area contributed by atoms with Crippen LogP contribution in [0.1, 0.15) is 52.9 Å². The minimum absolute atomic E-state index is 0.116. The Kier molecular flexibility index (Phi) is 6.18. The number of hydrogen-bond acceptors (Lipinski definition) is 5. The highest BCUT2D eigenvalue weighted by molar-refractivity contribution is 5.93. The van der Waals surface area contributed by atoms with Crippen LogP contribution in [0.15, 0.2) is 52.8 Å². The number of nitrogens with zero attached hydrogens (tertiary/aromatic N) is 2. The largest absolute Gasteiger partial charge is 0.456 e. The monoisotopic (exact) mass is 397 g/mol. The van der Waals surface area contributed by atoms with Gasteiger partial charge in [-0.05, 0) is 64.5 Å². The van der Waals surface area contributed by atoms with Gasteiger partial charge in [0.05, 0.1) is 11.3 Å². The van der Waals surface area contributed by atoms with Crippen molar-refractivity contribution in [3.63, 3.8) is 0 Å². The van der Waals surface area contributed by atoms with Crippen LogP contribution in [-0.4, -0.2) is 48.9 Å². The van der Waals surface area contributed by atoms with E-state index in [1.807, 2.05) is 26.0 Å². The zero-order valence-electron chi connectivity index (χ0n) is 18.4. The molecule has 1 spiro atoms. The molecule has 0 bridgehead atoms. The van der Waals surface area contributed by atoms with Crippen LogP contribution >= 0.6 is 0 Å². The van der Waals surface area contributed by atoms with Gasteiger partial charge in [-0.25, -0.2) is 4.79 Å². The van der Waals surface area contributed by atoms with E-state index in [0.717, 1.165) is 67.7 Å². The molecule has 0 amide bonds. The molecule has 1 saturated carbocycles. The van der Waals surface area contributed by atoms with Crippen LogP contribution in [0.2, 0.25) is 0 Å². The Balaban J connectivity index is 1.57. The number of esters is 1. The van der Waals surface area contributed by atoms with Gasteiger partial charge < -0.3 is 15.0 Å². The molecule has 0 aromatic heterocycles. The first-order valence-electron chi connectivity index (χ1n) is 10.6. The highest BCUT2D eigenvalue weighted by atomic mass is 16.5. The van der Waals surface area contributed by atoms with E-state index in [-0.39, 0.29) is 16.9 Å². The van der Waals surface area contributed by atoms with E-state index in [1.54, 1.807) is 7.05 Å². The Morgan fingerprint density at radius 1 is 1.28 bits per heavy atom. The van der Waals surface area contributed by atoms with Gasteiger partial charge in [-0.1, -0.05) is 19.2 Å². The normalized spacial score (nSPS) is 30.8. The van der Waals surface area contributed by atoms with Gasteiger partial charge in [0.15, 0.2) is 0 Å². The van der Waals surface area contributed by atoms with Crippen molar-refractivity contribution in [3.8, 4) is 0 Å². The first-order valence-corrected chi connectivity index (χ1v) is 10.6. The summed E-state index contributed by atoms with van der Waals surface area (Å²) in [6, 6.07) is 0. The Labute approximate surface area is 175 Å². The summed E-state index contributed by atoms with van der Waals surface area (Å²) >= 11 is 0. The third kappa shape index (κ3) is 4.40. The van der Waals surface area contributed by atoms with E-state index < -0.39 is 0 Å². The number of likely N-dealkylation sites (tertiary alicyclic amines) is 1. The summed E-state index contributed by atoms with van der Waals surface area (Å²) in [4.78, 5) is 18.2. The van der Waals surface area contributed by atoms with E-state index >= 15 is 0 Å². The molecule has 1 N–H and O–H groups in total. The maximum Gasteiger partial charge on any atom is 0.336 e. The predicted molar refractivity (Wildman–Crippen MR) is 119 cm³/mol. The molecule has 3 aliphatic rings. The molecule has 29 heavy (non-hydrogen) atoms. The Bertz CT molecular complexity index is 795. The molecule has 1 aliphatic carbocycles. The van der Waals surface area contributed by atoms with Gasteiger partial charge in [-0.2, -0.15) is 0 Å². The van der Waals surface area contributed by atoms with Crippen molar-refractivity contribution in [1.82, 2.24) is 10.2 Å². The first-order chi connectivity index (χ1) is 13.7. The average molecular weight is 398 g/mol. The fraction of sp³-hybridized carbons (Fsp3) is 0.583. The Hall–Kier alpha value is -2.14. The zero-order chi connectivity index (χ0) is 21.2. The molecule has 5 nitrogen and oxygen atoms in total. The number of allylic oxidation sites excluding steroid dienone is 2. The molecule has 0 unspecified atom stereocenters. The second kappa shape index (κ2) is 8.31. The van der Waals surface area contributed by atoms with Crippen molar-refractivity contribution in [1.29, 1.82) is 0 Å². The van der Waals surface area contributed by atoms with Gasteiger partial charge in [0, 0.05) is 42.5 Å². The number of carbonyl (C=O) groups excluding carboxylic acids is 1. The molecule has 2 heterocycles. The van der Waals surface area contributed by atoms with Crippen molar-refractivity contribution in [2.45, 2.75) is 58.4 Å². The molecule has 158 valence electrons. The van der Waals surface area contributed by atoms with Gasteiger partial charge in [-0.3, -0.25) is 4.99 Å². The lowest BCUT2D eigenvalue weighted by molar-refractivity contribution is -0.136. The molecular formula is C24H35N3O2. The zero-order valence-corrected chi connectivity index (χ0v) is 18.4. The quantitative estimate of drug-likeness (QED) is 0.416. The lowest BCUT2D eigenvalue weighted by Gasteiger charge is -2.44. The van der Waals surface area contributed by atoms with Crippen LogP contribution in [0.3, 0.4) is 0 Å². The number of rotatable bonds is 6. The third-order valence-corrected chi connectivity index (χ3v) is 7.12. The van der Waals surface area contributed by atoms with Crippen LogP contribution in [0.5, 0.6) is 0 Å². The van der Waals surface area contributed by atoms with Gasteiger partial charge in [-0.15, -0.1) is 0 Å². The summed E-state index contributed by atoms with van der Waals surface area (Å²) < 4.78 is 5.22. The highest BCUT2D eigenvalue weighted by Crippen LogP contribution is 2.53. The summed E-state index contributed by atoms with van der Waals surface area (Å²) in [5, 5.41) is 3.73. The molecular weight excluding hydrogens is 362 g/mol. The van der Waals surface area contributed by atoms with Crippen molar-refractivity contribution in [2.75, 3.05) is 26.7 Å². The van der Waals surface area contributed by atoms with Crippen LogP contribution in [0.4, 0.5) is 0 Å². The van der Waals surface area contributed by atoms with Gasteiger partial charge in [0.1, 0.15) is 6.61 Å². The maximum absolute atomic E-state index is 11.8.